The van der Waals surface area contributed by atoms with Gasteiger partial charge in [-0.1, -0.05) is 99.7 Å². The summed E-state index contributed by atoms with van der Waals surface area (Å²) in [6.07, 6.45) is 28.6. The topological polar surface area (TPSA) is 9.23 Å². The molecule has 0 saturated heterocycles. The fourth-order valence-electron chi connectivity index (χ4n) is 5.04. The van der Waals surface area contributed by atoms with Gasteiger partial charge < -0.3 is 4.74 Å². The molecule has 0 bridgehead atoms. The molecule has 250 valence electrons. The lowest BCUT2D eigenvalue weighted by atomic mass is 10.0. The summed E-state index contributed by atoms with van der Waals surface area (Å²) in [4.78, 5) is 1.33. The molecule has 1 unspecified atom stereocenters. The van der Waals surface area contributed by atoms with E-state index in [4.69, 9.17) is 4.74 Å². The SMILES string of the molecule is CC(C)=CCC/C(C)=C/CC/C(C)=C/CC/C(C)=C/C(C/C(C)=C/CC/C(C)=C/CC/C(C)=C/COCF)Sc1ccccc1. The lowest BCUT2D eigenvalue weighted by Crippen LogP contribution is -2.01. The van der Waals surface area contributed by atoms with Crippen LogP contribution in [0, 0.1) is 0 Å². The highest BCUT2D eigenvalue weighted by Crippen LogP contribution is 2.30. The minimum Gasteiger partial charge on any atom is -0.346 e. The zero-order chi connectivity index (χ0) is 33.3. The first-order valence-corrected chi connectivity index (χ1v) is 17.9. The predicted molar refractivity (Wildman–Crippen MR) is 201 cm³/mol. The molecule has 1 atom stereocenters. The molecule has 0 radical (unpaired) electrons. The van der Waals surface area contributed by atoms with Crippen LogP contribution in [-0.4, -0.2) is 18.7 Å². The van der Waals surface area contributed by atoms with Gasteiger partial charge in [0, 0.05) is 10.1 Å². The number of benzene rings is 1. The predicted octanol–water partition coefficient (Wildman–Crippen LogP) is 14.0. The molecule has 0 saturated carbocycles. The number of hydrogen-bond acceptors (Lipinski definition) is 2. The Hall–Kier alpha value is -2.36. The molecule has 0 spiro atoms. The lowest BCUT2D eigenvalue weighted by molar-refractivity contribution is 0.0774. The second-order valence-electron chi connectivity index (χ2n) is 12.9. The Kier molecular flexibility index (Phi) is 23.3. The van der Waals surface area contributed by atoms with Crippen molar-refractivity contribution in [3.63, 3.8) is 0 Å². The van der Waals surface area contributed by atoms with Crippen molar-refractivity contribution in [1.29, 1.82) is 0 Å². The van der Waals surface area contributed by atoms with Gasteiger partial charge in [0.25, 0.3) is 0 Å². The fraction of sp³-hybridized carbons (Fsp3) is 0.524. The van der Waals surface area contributed by atoms with Crippen molar-refractivity contribution in [1.82, 2.24) is 0 Å². The van der Waals surface area contributed by atoms with Crippen molar-refractivity contribution >= 4 is 11.8 Å². The van der Waals surface area contributed by atoms with E-state index in [2.05, 4.69) is 122 Å². The monoisotopic (exact) mass is 634 g/mol. The van der Waals surface area contributed by atoms with E-state index >= 15 is 0 Å². The maximum absolute atomic E-state index is 12.1. The van der Waals surface area contributed by atoms with Crippen molar-refractivity contribution in [2.75, 3.05) is 13.5 Å². The van der Waals surface area contributed by atoms with Gasteiger partial charge in [-0.15, -0.1) is 11.8 Å². The Morgan fingerprint density at radius 3 is 1.53 bits per heavy atom. The van der Waals surface area contributed by atoms with Crippen molar-refractivity contribution < 1.29 is 9.13 Å². The first-order valence-electron chi connectivity index (χ1n) is 17.0. The Balaban J connectivity index is 2.65. The number of rotatable bonds is 23. The van der Waals surface area contributed by atoms with Crippen LogP contribution >= 0.6 is 11.8 Å². The van der Waals surface area contributed by atoms with Gasteiger partial charge in [0.2, 0.25) is 0 Å². The van der Waals surface area contributed by atoms with Gasteiger partial charge in [-0.05, 0) is 138 Å². The molecule has 0 aliphatic heterocycles. The minimum atomic E-state index is -0.717. The Bertz CT molecular complexity index is 1160. The standard InChI is InChI=1S/C42H63FOS/c1-34(2)17-12-18-35(3)19-13-20-36(4)22-15-25-39(7)31-42(45-41-27-10-9-11-28-41)32-40(8)26-16-23-37(5)21-14-24-38(6)29-30-44-33-43/h9-11,17,19,21-22,26-29,31,42H,12-16,18,20,23-25,30,32-33H2,1-8H3/b35-19+,36-22+,37-21+,38-29+,39-31+,40-26+. The number of halogens is 1. The first-order chi connectivity index (χ1) is 21.6. The smallest absolute Gasteiger partial charge is 0.188 e. The minimum absolute atomic E-state index is 0.361. The molecule has 1 rings (SSSR count). The number of hydrogen-bond donors (Lipinski definition) is 0. The highest BCUT2D eigenvalue weighted by Gasteiger charge is 2.10. The van der Waals surface area contributed by atoms with Crippen molar-refractivity contribution in [3.05, 3.63) is 112 Å². The second kappa shape index (κ2) is 25.8. The lowest BCUT2D eigenvalue weighted by Gasteiger charge is -2.15. The maximum Gasteiger partial charge on any atom is 0.188 e. The molecule has 0 aromatic heterocycles. The fourth-order valence-corrected chi connectivity index (χ4v) is 6.35. The summed E-state index contributed by atoms with van der Waals surface area (Å²) >= 11 is 1.98. The van der Waals surface area contributed by atoms with E-state index in [-0.39, 0.29) is 0 Å². The van der Waals surface area contributed by atoms with Crippen LogP contribution < -0.4 is 0 Å². The van der Waals surface area contributed by atoms with Crippen molar-refractivity contribution in [2.24, 2.45) is 0 Å². The highest BCUT2D eigenvalue weighted by molar-refractivity contribution is 8.00. The maximum atomic E-state index is 12.1. The average Bonchev–Trinajstić information content (AvgIpc) is 2.97. The molecule has 0 aliphatic rings. The van der Waals surface area contributed by atoms with Crippen LogP contribution in [0.15, 0.2) is 117 Å². The van der Waals surface area contributed by atoms with Gasteiger partial charge in [0.15, 0.2) is 6.86 Å². The summed E-state index contributed by atoms with van der Waals surface area (Å²) in [5.41, 5.74) is 10.1. The second-order valence-corrected chi connectivity index (χ2v) is 14.2. The molecule has 0 aliphatic carbocycles. The summed E-state index contributed by atoms with van der Waals surface area (Å²) in [6.45, 7) is 17.5. The van der Waals surface area contributed by atoms with Crippen LogP contribution in [0.4, 0.5) is 4.39 Å². The van der Waals surface area contributed by atoms with Gasteiger partial charge in [0.1, 0.15) is 0 Å². The largest absolute Gasteiger partial charge is 0.346 e. The molecule has 45 heavy (non-hydrogen) atoms. The van der Waals surface area contributed by atoms with E-state index in [0.29, 0.717) is 11.9 Å². The Morgan fingerprint density at radius 1 is 0.600 bits per heavy atom. The molecule has 1 aromatic rings. The molecular weight excluding hydrogens is 572 g/mol. The van der Waals surface area contributed by atoms with E-state index in [0.717, 1.165) is 64.2 Å². The molecule has 0 N–H and O–H groups in total. The summed E-state index contributed by atoms with van der Waals surface area (Å²) in [6, 6.07) is 10.8. The number of thioether (sulfide) groups is 1. The van der Waals surface area contributed by atoms with Gasteiger partial charge in [-0.3, -0.25) is 0 Å². The van der Waals surface area contributed by atoms with E-state index in [1.54, 1.807) is 0 Å². The van der Waals surface area contributed by atoms with Crippen LogP contribution in [0.2, 0.25) is 0 Å². The van der Waals surface area contributed by atoms with E-state index in [1.807, 2.05) is 17.8 Å². The van der Waals surface area contributed by atoms with E-state index in [1.165, 1.54) is 50.3 Å². The molecule has 3 heteroatoms. The summed E-state index contributed by atoms with van der Waals surface area (Å²) in [5.74, 6) is 0. The summed E-state index contributed by atoms with van der Waals surface area (Å²) in [7, 11) is 0. The third-order valence-corrected chi connectivity index (χ3v) is 9.02. The molecule has 1 nitrogen and oxygen atoms in total. The van der Waals surface area contributed by atoms with Gasteiger partial charge >= 0.3 is 0 Å². The van der Waals surface area contributed by atoms with Gasteiger partial charge in [0.05, 0.1) is 6.61 Å². The van der Waals surface area contributed by atoms with Gasteiger partial charge in [-0.2, -0.15) is 0 Å². The summed E-state index contributed by atoms with van der Waals surface area (Å²) in [5, 5.41) is 0.431. The molecule has 0 amide bonds. The quantitative estimate of drug-likeness (QED) is 0.0673. The van der Waals surface area contributed by atoms with Crippen molar-refractivity contribution in [2.45, 2.75) is 136 Å². The Labute approximate surface area is 281 Å². The number of ether oxygens (including phenoxy) is 1. The zero-order valence-electron chi connectivity index (χ0n) is 29.9. The molecule has 1 aromatic carbocycles. The van der Waals surface area contributed by atoms with E-state index in [9.17, 15) is 4.39 Å². The number of alkyl halides is 1. The third-order valence-electron chi connectivity index (χ3n) is 7.87. The average molecular weight is 635 g/mol. The van der Waals surface area contributed by atoms with Crippen LogP contribution in [0.3, 0.4) is 0 Å². The number of allylic oxidation sites excluding steroid dienone is 12. The van der Waals surface area contributed by atoms with Crippen LogP contribution in [0.25, 0.3) is 0 Å². The van der Waals surface area contributed by atoms with Crippen LogP contribution in [0.5, 0.6) is 0 Å². The molecular formula is C42H63FOS. The third kappa shape index (κ3) is 23.6. The van der Waals surface area contributed by atoms with Crippen molar-refractivity contribution in [3.8, 4) is 0 Å². The van der Waals surface area contributed by atoms with Crippen LogP contribution in [0.1, 0.15) is 126 Å². The normalized spacial score (nSPS) is 14.6. The first kappa shape index (κ1) is 40.7. The molecule has 0 heterocycles. The Morgan fingerprint density at radius 2 is 1.04 bits per heavy atom. The zero-order valence-corrected chi connectivity index (χ0v) is 30.7. The highest BCUT2D eigenvalue weighted by atomic mass is 32.2. The molecule has 0 fully saturated rings. The summed E-state index contributed by atoms with van der Waals surface area (Å²) < 4.78 is 16.9. The van der Waals surface area contributed by atoms with Crippen LogP contribution in [-0.2, 0) is 4.74 Å². The van der Waals surface area contributed by atoms with E-state index < -0.39 is 6.86 Å². The van der Waals surface area contributed by atoms with Gasteiger partial charge in [-0.25, -0.2) is 4.39 Å².